The van der Waals surface area contributed by atoms with E-state index in [1.54, 1.807) is 6.92 Å². The topological polar surface area (TPSA) is 36.4 Å². The quantitative estimate of drug-likeness (QED) is 0.787. The lowest BCUT2D eigenvalue weighted by Crippen LogP contribution is -2.48. The Morgan fingerprint density at radius 1 is 1.04 bits per heavy atom. The lowest BCUT2D eigenvalue weighted by Gasteiger charge is -2.35. The van der Waals surface area contributed by atoms with Crippen molar-refractivity contribution in [2.75, 3.05) is 26.2 Å². The van der Waals surface area contributed by atoms with Crippen molar-refractivity contribution < 1.29 is 18.0 Å². The zero-order valence-electron chi connectivity index (χ0n) is 14.7. The van der Waals surface area contributed by atoms with E-state index < -0.39 is 17.8 Å². The summed E-state index contributed by atoms with van der Waals surface area (Å²) < 4.78 is 40.2. The summed E-state index contributed by atoms with van der Waals surface area (Å²) >= 11 is 0. The number of hydrogen-bond acceptors (Lipinski definition) is 3. The number of amides is 1. The van der Waals surface area contributed by atoms with Crippen molar-refractivity contribution in [2.45, 2.75) is 20.4 Å². The average Bonchev–Trinajstić information content (AvgIpc) is 2.60. The molecular formula is C19H20F3N3O. The molecule has 1 fully saturated rings. The van der Waals surface area contributed by atoms with Gasteiger partial charge in [0.2, 0.25) is 11.9 Å². The largest absolute Gasteiger partial charge is 0.336 e. The summed E-state index contributed by atoms with van der Waals surface area (Å²) in [4.78, 5) is 19.2. The van der Waals surface area contributed by atoms with E-state index in [-0.39, 0.29) is 11.4 Å². The van der Waals surface area contributed by atoms with Gasteiger partial charge in [-0.3, -0.25) is 9.69 Å². The Bertz CT molecular complexity index is 833. The Morgan fingerprint density at radius 2 is 1.73 bits per heavy atom. The molecule has 0 atom stereocenters. The van der Waals surface area contributed by atoms with Gasteiger partial charge in [0.15, 0.2) is 0 Å². The minimum atomic E-state index is -1.09. The number of halogens is 3. The summed E-state index contributed by atoms with van der Waals surface area (Å²) in [6.07, 6.45) is 0. The number of aryl methyl sites for hydroxylation is 2. The first kappa shape index (κ1) is 18.4. The summed E-state index contributed by atoms with van der Waals surface area (Å²) in [5.74, 6) is -2.73. The fraction of sp³-hybridized carbons (Fsp3) is 0.368. The zero-order chi connectivity index (χ0) is 18.8. The van der Waals surface area contributed by atoms with E-state index in [4.69, 9.17) is 0 Å². The molecule has 0 saturated carbocycles. The van der Waals surface area contributed by atoms with Gasteiger partial charge in [-0.15, -0.1) is 0 Å². The zero-order valence-corrected chi connectivity index (χ0v) is 14.7. The maximum atomic E-state index is 13.7. The van der Waals surface area contributed by atoms with Gasteiger partial charge in [-0.1, -0.05) is 6.07 Å². The van der Waals surface area contributed by atoms with Gasteiger partial charge in [-0.2, -0.15) is 13.8 Å². The van der Waals surface area contributed by atoms with E-state index in [1.807, 2.05) is 13.0 Å². The van der Waals surface area contributed by atoms with Crippen LogP contribution in [0.15, 0.2) is 24.3 Å². The molecule has 0 bridgehead atoms. The van der Waals surface area contributed by atoms with E-state index in [9.17, 15) is 18.0 Å². The second-order valence-electron chi connectivity index (χ2n) is 6.57. The molecule has 2 aromatic rings. The average molecular weight is 363 g/mol. The van der Waals surface area contributed by atoms with Gasteiger partial charge in [0.25, 0.3) is 5.91 Å². The number of hydrogen-bond donors (Lipinski definition) is 0. The van der Waals surface area contributed by atoms with E-state index in [1.165, 1.54) is 11.0 Å². The van der Waals surface area contributed by atoms with E-state index in [0.29, 0.717) is 38.3 Å². The standard InChI is InChI=1S/C19H20F3N3O/c1-12-10-16(20)13(2)9-14(12)11-24-5-7-25(8-6-24)19(26)15-3-4-17(21)23-18(15)22/h3-4,9-10H,5-8,11H2,1-2H3. The predicted molar refractivity (Wildman–Crippen MR) is 91.2 cm³/mol. The first-order valence-corrected chi connectivity index (χ1v) is 8.44. The fourth-order valence-electron chi connectivity index (χ4n) is 3.10. The van der Waals surface area contributed by atoms with Crippen LogP contribution in [-0.4, -0.2) is 46.9 Å². The van der Waals surface area contributed by atoms with Crippen LogP contribution in [0.4, 0.5) is 13.2 Å². The second-order valence-corrected chi connectivity index (χ2v) is 6.57. The summed E-state index contributed by atoms with van der Waals surface area (Å²) in [5.41, 5.74) is 2.34. The molecule has 26 heavy (non-hydrogen) atoms. The van der Waals surface area contributed by atoms with Crippen molar-refractivity contribution in [1.29, 1.82) is 0 Å². The van der Waals surface area contributed by atoms with Gasteiger partial charge in [-0.05, 0) is 48.7 Å². The third-order valence-electron chi connectivity index (χ3n) is 4.72. The van der Waals surface area contributed by atoms with Gasteiger partial charge in [-0.25, -0.2) is 4.39 Å². The first-order chi connectivity index (χ1) is 12.3. The molecule has 1 amide bonds. The first-order valence-electron chi connectivity index (χ1n) is 8.44. The molecule has 7 heteroatoms. The Balaban J connectivity index is 1.62. The van der Waals surface area contributed by atoms with E-state index in [2.05, 4.69) is 9.88 Å². The van der Waals surface area contributed by atoms with Gasteiger partial charge in [0.1, 0.15) is 5.82 Å². The van der Waals surface area contributed by atoms with Crippen LogP contribution < -0.4 is 0 Å². The number of piperazine rings is 1. The lowest BCUT2D eigenvalue weighted by atomic mass is 10.0. The van der Waals surface area contributed by atoms with Crippen LogP contribution in [0.1, 0.15) is 27.0 Å². The van der Waals surface area contributed by atoms with Crippen LogP contribution in [0.3, 0.4) is 0 Å². The minimum absolute atomic E-state index is 0.211. The van der Waals surface area contributed by atoms with Gasteiger partial charge < -0.3 is 4.90 Å². The van der Waals surface area contributed by atoms with Crippen molar-refractivity contribution >= 4 is 5.91 Å². The molecular weight excluding hydrogens is 343 g/mol. The maximum Gasteiger partial charge on any atom is 0.258 e. The van der Waals surface area contributed by atoms with Crippen LogP contribution in [0.25, 0.3) is 0 Å². The van der Waals surface area contributed by atoms with Crippen molar-refractivity contribution in [3.8, 4) is 0 Å². The molecule has 1 aromatic heterocycles. The number of carbonyl (C=O) groups is 1. The number of nitrogens with zero attached hydrogens (tertiary/aromatic N) is 3. The Hall–Kier alpha value is -2.41. The molecule has 1 saturated heterocycles. The number of benzene rings is 1. The highest BCUT2D eigenvalue weighted by Gasteiger charge is 2.25. The van der Waals surface area contributed by atoms with Crippen molar-refractivity contribution in [3.63, 3.8) is 0 Å². The third kappa shape index (κ3) is 3.88. The third-order valence-corrected chi connectivity index (χ3v) is 4.72. The normalized spacial score (nSPS) is 15.3. The van der Waals surface area contributed by atoms with Gasteiger partial charge >= 0.3 is 0 Å². The molecule has 138 valence electrons. The molecule has 1 aliphatic heterocycles. The highest BCUT2D eigenvalue weighted by molar-refractivity contribution is 5.94. The maximum absolute atomic E-state index is 13.7. The smallest absolute Gasteiger partial charge is 0.258 e. The summed E-state index contributed by atoms with van der Waals surface area (Å²) in [7, 11) is 0. The van der Waals surface area contributed by atoms with Crippen LogP contribution >= 0.6 is 0 Å². The summed E-state index contributed by atoms with van der Waals surface area (Å²) in [6, 6.07) is 5.49. The van der Waals surface area contributed by atoms with E-state index >= 15 is 0 Å². The number of carbonyl (C=O) groups excluding carboxylic acids is 1. The molecule has 0 N–H and O–H groups in total. The molecule has 1 aromatic carbocycles. The lowest BCUT2D eigenvalue weighted by molar-refractivity contribution is 0.0622. The summed E-state index contributed by atoms with van der Waals surface area (Å²) in [5, 5.41) is 0. The van der Waals surface area contributed by atoms with Crippen LogP contribution in [0, 0.1) is 31.6 Å². The fourth-order valence-corrected chi connectivity index (χ4v) is 3.10. The minimum Gasteiger partial charge on any atom is -0.336 e. The van der Waals surface area contributed by atoms with Crippen molar-refractivity contribution in [1.82, 2.24) is 14.8 Å². The number of aromatic nitrogens is 1. The molecule has 1 aliphatic rings. The van der Waals surface area contributed by atoms with Crippen molar-refractivity contribution in [2.24, 2.45) is 0 Å². The Morgan fingerprint density at radius 3 is 2.38 bits per heavy atom. The van der Waals surface area contributed by atoms with Crippen LogP contribution in [-0.2, 0) is 6.54 Å². The molecule has 0 spiro atoms. The SMILES string of the molecule is Cc1cc(CN2CCN(C(=O)c3ccc(F)nc3F)CC2)c(C)cc1F. The predicted octanol–water partition coefficient (Wildman–Crippen LogP) is 3.07. The Labute approximate surface area is 150 Å². The number of rotatable bonds is 3. The van der Waals surface area contributed by atoms with Crippen molar-refractivity contribution in [3.05, 3.63) is 64.2 Å². The van der Waals surface area contributed by atoms with Gasteiger partial charge in [0.05, 0.1) is 5.56 Å². The molecule has 3 rings (SSSR count). The van der Waals surface area contributed by atoms with Crippen LogP contribution in [0.5, 0.6) is 0 Å². The monoisotopic (exact) mass is 363 g/mol. The summed E-state index contributed by atoms with van der Waals surface area (Å²) in [6.45, 7) is 6.41. The molecule has 0 radical (unpaired) electrons. The Kier molecular flexibility index (Phi) is 5.27. The molecule has 0 aliphatic carbocycles. The molecule has 0 unspecified atom stereocenters. The van der Waals surface area contributed by atoms with Crippen LogP contribution in [0.2, 0.25) is 0 Å². The number of pyridine rings is 1. The van der Waals surface area contributed by atoms with E-state index in [0.717, 1.165) is 23.3 Å². The van der Waals surface area contributed by atoms with Gasteiger partial charge in [0, 0.05) is 32.7 Å². The molecule has 4 nitrogen and oxygen atoms in total. The highest BCUT2D eigenvalue weighted by Crippen LogP contribution is 2.18. The second kappa shape index (κ2) is 7.45. The highest BCUT2D eigenvalue weighted by atomic mass is 19.1. The molecule has 2 heterocycles.